The molecule has 0 heterocycles. The second-order valence-corrected chi connectivity index (χ2v) is 7.56. The molecule has 0 N–H and O–H groups in total. The zero-order valence-corrected chi connectivity index (χ0v) is 14.5. The zero-order valence-electron chi connectivity index (χ0n) is 14.5. The molecule has 3 heteroatoms. The quantitative estimate of drug-likeness (QED) is 0.572. The van der Waals surface area contributed by atoms with Crippen molar-refractivity contribution in [3.8, 4) is 11.8 Å². The Morgan fingerprint density at radius 1 is 1.12 bits per heavy atom. The van der Waals surface area contributed by atoms with Crippen molar-refractivity contribution in [2.75, 3.05) is 0 Å². The van der Waals surface area contributed by atoms with Crippen molar-refractivity contribution in [3.05, 3.63) is 29.8 Å². The number of nitriles is 1. The van der Waals surface area contributed by atoms with E-state index in [-0.39, 0.29) is 11.9 Å². The molecule has 2 unspecified atom stereocenters. The van der Waals surface area contributed by atoms with Gasteiger partial charge in [0.2, 0.25) is 0 Å². The van der Waals surface area contributed by atoms with Crippen molar-refractivity contribution >= 4 is 5.97 Å². The van der Waals surface area contributed by atoms with E-state index in [9.17, 15) is 4.79 Å². The van der Waals surface area contributed by atoms with Crippen LogP contribution in [-0.2, 0) is 4.79 Å². The fourth-order valence-electron chi connectivity index (χ4n) is 4.67. The van der Waals surface area contributed by atoms with E-state index in [1.54, 1.807) is 24.3 Å². The lowest BCUT2D eigenvalue weighted by molar-refractivity contribution is -0.141. The van der Waals surface area contributed by atoms with E-state index in [0.717, 1.165) is 24.7 Å². The second-order valence-electron chi connectivity index (χ2n) is 7.56. The lowest BCUT2D eigenvalue weighted by Crippen LogP contribution is -2.35. The molecule has 0 radical (unpaired) electrons. The number of ether oxygens (including phenoxy) is 1. The maximum absolute atomic E-state index is 12.5. The molecule has 2 aliphatic carbocycles. The van der Waals surface area contributed by atoms with Crippen LogP contribution in [0.15, 0.2) is 24.3 Å². The molecule has 0 bridgehead atoms. The van der Waals surface area contributed by atoms with Crippen LogP contribution in [0.5, 0.6) is 5.75 Å². The number of esters is 1. The minimum atomic E-state index is -0.0890. The molecule has 2 saturated carbocycles. The first kappa shape index (κ1) is 17.0. The van der Waals surface area contributed by atoms with Crippen molar-refractivity contribution in [2.45, 2.75) is 58.3 Å². The summed E-state index contributed by atoms with van der Waals surface area (Å²) in [6.07, 6.45) is 9.80. The lowest BCUT2D eigenvalue weighted by Gasteiger charge is -2.41. The lowest BCUT2D eigenvalue weighted by atomic mass is 9.64. The molecule has 3 nitrogen and oxygen atoms in total. The second kappa shape index (κ2) is 7.83. The van der Waals surface area contributed by atoms with Crippen LogP contribution >= 0.6 is 0 Å². The molecular formula is C21H27NO2. The number of hydrogen-bond donors (Lipinski definition) is 0. The molecule has 1 aromatic carbocycles. The van der Waals surface area contributed by atoms with E-state index in [1.807, 2.05) is 0 Å². The van der Waals surface area contributed by atoms with E-state index in [1.165, 1.54) is 38.5 Å². The van der Waals surface area contributed by atoms with Crippen molar-refractivity contribution in [1.82, 2.24) is 0 Å². The van der Waals surface area contributed by atoms with Crippen LogP contribution < -0.4 is 4.74 Å². The van der Waals surface area contributed by atoms with Gasteiger partial charge < -0.3 is 4.74 Å². The fourth-order valence-corrected chi connectivity index (χ4v) is 4.67. The summed E-state index contributed by atoms with van der Waals surface area (Å²) < 4.78 is 5.54. The van der Waals surface area contributed by atoms with Crippen molar-refractivity contribution in [3.63, 3.8) is 0 Å². The van der Waals surface area contributed by atoms with Gasteiger partial charge in [0.1, 0.15) is 5.75 Å². The number of benzene rings is 1. The maximum atomic E-state index is 12.5. The largest absolute Gasteiger partial charge is 0.426 e. The Labute approximate surface area is 145 Å². The smallest absolute Gasteiger partial charge is 0.314 e. The molecule has 0 spiro atoms. The van der Waals surface area contributed by atoms with E-state index >= 15 is 0 Å². The Morgan fingerprint density at radius 3 is 2.54 bits per heavy atom. The van der Waals surface area contributed by atoms with Gasteiger partial charge in [-0.1, -0.05) is 26.2 Å². The van der Waals surface area contributed by atoms with Crippen molar-refractivity contribution < 1.29 is 9.53 Å². The van der Waals surface area contributed by atoms with Crippen molar-refractivity contribution in [1.29, 1.82) is 5.26 Å². The topological polar surface area (TPSA) is 50.1 Å². The highest BCUT2D eigenvalue weighted by molar-refractivity contribution is 5.75. The fraction of sp³-hybridized carbons (Fsp3) is 0.619. The average Bonchev–Trinajstić information content (AvgIpc) is 2.62. The number of rotatable bonds is 4. The Bertz CT molecular complexity index is 601. The van der Waals surface area contributed by atoms with Crippen LogP contribution in [0.1, 0.15) is 63.9 Å². The number of carbonyl (C=O) groups is 1. The van der Waals surface area contributed by atoms with Gasteiger partial charge in [0.25, 0.3) is 0 Å². The summed E-state index contributed by atoms with van der Waals surface area (Å²) in [5.41, 5.74) is 0.583. The van der Waals surface area contributed by atoms with Crippen LogP contribution in [-0.4, -0.2) is 5.97 Å². The predicted octanol–water partition coefficient (Wildman–Crippen LogP) is 5.10. The van der Waals surface area contributed by atoms with Crippen LogP contribution in [0.2, 0.25) is 0 Å². The highest BCUT2D eigenvalue weighted by Gasteiger charge is 2.38. The molecule has 2 fully saturated rings. The van der Waals surface area contributed by atoms with Crippen LogP contribution in [0.3, 0.4) is 0 Å². The summed E-state index contributed by atoms with van der Waals surface area (Å²) in [6.45, 7) is 2.28. The average molecular weight is 325 g/mol. The molecule has 4 atom stereocenters. The molecule has 0 aliphatic heterocycles. The van der Waals surface area contributed by atoms with E-state index in [2.05, 4.69) is 13.0 Å². The summed E-state index contributed by atoms with van der Waals surface area (Å²) in [4.78, 5) is 12.5. The van der Waals surface area contributed by atoms with E-state index in [0.29, 0.717) is 17.2 Å². The molecule has 1 aromatic rings. The van der Waals surface area contributed by atoms with Gasteiger partial charge in [-0.05, 0) is 74.1 Å². The first-order valence-electron chi connectivity index (χ1n) is 9.41. The molecule has 128 valence electrons. The Morgan fingerprint density at radius 2 is 1.83 bits per heavy atom. The Balaban J connectivity index is 1.53. The summed E-state index contributed by atoms with van der Waals surface area (Å²) in [5.74, 6) is 2.96. The Kier molecular flexibility index (Phi) is 5.56. The van der Waals surface area contributed by atoms with Gasteiger partial charge in [0.15, 0.2) is 0 Å². The van der Waals surface area contributed by atoms with Crippen LogP contribution in [0, 0.1) is 35.0 Å². The number of hydrogen-bond acceptors (Lipinski definition) is 3. The van der Waals surface area contributed by atoms with Gasteiger partial charge in [-0.25, -0.2) is 0 Å². The normalized spacial score (nSPS) is 29.3. The monoisotopic (exact) mass is 325 g/mol. The van der Waals surface area contributed by atoms with Gasteiger partial charge >= 0.3 is 5.97 Å². The minimum Gasteiger partial charge on any atom is -0.426 e. The third-order valence-electron chi connectivity index (χ3n) is 5.95. The first-order valence-corrected chi connectivity index (χ1v) is 9.41. The van der Waals surface area contributed by atoms with Gasteiger partial charge in [-0.3, -0.25) is 4.79 Å². The Hall–Kier alpha value is -1.82. The van der Waals surface area contributed by atoms with E-state index in [4.69, 9.17) is 10.00 Å². The molecular weight excluding hydrogens is 298 g/mol. The highest BCUT2D eigenvalue weighted by Crippen LogP contribution is 2.45. The SMILES string of the molecule is CCCC1CCC2C[C@H](C(=O)Oc3ccc(C#N)cc3)CC[C@@H]2C1. The zero-order chi connectivity index (χ0) is 16.9. The molecule has 0 aromatic heterocycles. The molecule has 2 aliphatic rings. The summed E-state index contributed by atoms with van der Waals surface area (Å²) >= 11 is 0. The summed E-state index contributed by atoms with van der Waals surface area (Å²) in [6, 6.07) is 8.86. The first-order chi connectivity index (χ1) is 11.7. The predicted molar refractivity (Wildman–Crippen MR) is 93.4 cm³/mol. The maximum Gasteiger partial charge on any atom is 0.314 e. The summed E-state index contributed by atoms with van der Waals surface area (Å²) in [5, 5.41) is 8.82. The van der Waals surface area contributed by atoms with Gasteiger partial charge in [0, 0.05) is 0 Å². The third-order valence-corrected chi connectivity index (χ3v) is 5.95. The molecule has 3 rings (SSSR count). The third kappa shape index (κ3) is 3.98. The molecule has 0 saturated heterocycles. The minimum absolute atomic E-state index is 0.0459. The molecule has 24 heavy (non-hydrogen) atoms. The van der Waals surface area contributed by atoms with Crippen molar-refractivity contribution in [2.24, 2.45) is 23.7 Å². The van der Waals surface area contributed by atoms with Crippen LogP contribution in [0.25, 0.3) is 0 Å². The number of carbonyl (C=O) groups excluding carboxylic acids is 1. The highest BCUT2D eigenvalue weighted by atomic mass is 16.5. The number of fused-ring (bicyclic) bond motifs is 1. The standard InChI is InChI=1S/C21H27NO2/c1-2-3-15-4-7-18-13-19(9-8-17(18)12-15)21(23)24-20-10-5-16(14-22)6-11-20/h5-6,10-11,15,17-19H,2-4,7-9,12-13H2,1H3/t15?,17-,18?,19-/m1/s1. The van der Waals surface area contributed by atoms with E-state index < -0.39 is 0 Å². The van der Waals surface area contributed by atoms with Crippen LogP contribution in [0.4, 0.5) is 0 Å². The van der Waals surface area contributed by atoms with Gasteiger partial charge in [-0.15, -0.1) is 0 Å². The van der Waals surface area contributed by atoms with Gasteiger partial charge in [0.05, 0.1) is 17.6 Å². The van der Waals surface area contributed by atoms with Gasteiger partial charge in [-0.2, -0.15) is 5.26 Å². The summed E-state index contributed by atoms with van der Waals surface area (Å²) in [7, 11) is 0. The number of nitrogens with zero attached hydrogens (tertiary/aromatic N) is 1. The molecule has 0 amide bonds.